The van der Waals surface area contributed by atoms with Crippen molar-refractivity contribution < 1.29 is 14.7 Å². The lowest BCUT2D eigenvalue weighted by Gasteiger charge is -2.25. The summed E-state index contributed by atoms with van der Waals surface area (Å²) < 4.78 is 1.73. The Kier molecular flexibility index (Phi) is 4.09. The summed E-state index contributed by atoms with van der Waals surface area (Å²) in [7, 11) is 0. The van der Waals surface area contributed by atoms with Gasteiger partial charge in [-0.2, -0.15) is 5.10 Å². The summed E-state index contributed by atoms with van der Waals surface area (Å²) in [6.07, 6.45) is 2.27. The number of carbonyl (C=O) groups is 1. The van der Waals surface area contributed by atoms with Gasteiger partial charge in [0.25, 0.3) is 0 Å². The van der Waals surface area contributed by atoms with Gasteiger partial charge in [0.05, 0.1) is 30.7 Å². The average molecular weight is 312 g/mol. The third-order valence-corrected chi connectivity index (χ3v) is 3.50. The van der Waals surface area contributed by atoms with Crippen molar-refractivity contribution in [2.75, 3.05) is 13.2 Å². The molecular weight excluding hydrogens is 296 g/mol. The minimum absolute atomic E-state index is 0.167. The molecule has 3 rings (SSSR count). The Balaban J connectivity index is 2.02. The Hall–Kier alpha value is -3.09. The Morgan fingerprint density at radius 1 is 1.39 bits per heavy atom. The van der Waals surface area contributed by atoms with Crippen LogP contribution in [0.5, 0.6) is 0 Å². The molecule has 23 heavy (non-hydrogen) atoms. The van der Waals surface area contributed by atoms with Crippen molar-refractivity contribution in [3.8, 4) is 5.69 Å². The number of benzene rings is 1. The molecule has 1 aliphatic rings. The first kappa shape index (κ1) is 14.8. The highest BCUT2D eigenvalue weighted by molar-refractivity contribution is 6.04. The summed E-state index contributed by atoms with van der Waals surface area (Å²) in [5.41, 5.74) is 2.98. The van der Waals surface area contributed by atoms with Crippen LogP contribution in [-0.4, -0.2) is 44.7 Å². The van der Waals surface area contributed by atoms with E-state index in [4.69, 9.17) is 4.84 Å². The fourth-order valence-corrected chi connectivity index (χ4v) is 2.44. The van der Waals surface area contributed by atoms with Gasteiger partial charge >= 0.3 is 6.09 Å². The largest absolute Gasteiger partial charge is 0.465 e. The molecule has 1 aliphatic heterocycles. The fourth-order valence-electron chi connectivity index (χ4n) is 2.44. The number of para-hydroxylation sites is 1. The maximum absolute atomic E-state index is 11.4. The van der Waals surface area contributed by atoms with Gasteiger partial charge in [-0.25, -0.2) is 9.48 Å². The molecule has 0 saturated heterocycles. The molecule has 7 nitrogen and oxygen atoms in total. The van der Waals surface area contributed by atoms with E-state index in [0.29, 0.717) is 5.71 Å². The zero-order chi connectivity index (χ0) is 16.2. The zero-order valence-corrected chi connectivity index (χ0v) is 12.4. The van der Waals surface area contributed by atoms with Crippen LogP contribution in [0.2, 0.25) is 0 Å². The third-order valence-electron chi connectivity index (χ3n) is 3.50. The van der Waals surface area contributed by atoms with Gasteiger partial charge in [0.15, 0.2) is 0 Å². The lowest BCUT2D eigenvalue weighted by molar-refractivity contribution is 0.144. The van der Waals surface area contributed by atoms with Crippen LogP contribution in [-0.2, 0) is 11.4 Å². The summed E-state index contributed by atoms with van der Waals surface area (Å²) >= 11 is 0. The molecule has 0 aliphatic carbocycles. The van der Waals surface area contributed by atoms with Crippen LogP contribution in [0.4, 0.5) is 4.79 Å². The monoisotopic (exact) mass is 312 g/mol. The van der Waals surface area contributed by atoms with E-state index in [2.05, 4.69) is 16.8 Å². The quantitative estimate of drug-likeness (QED) is 0.533. The maximum Gasteiger partial charge on any atom is 0.408 e. The summed E-state index contributed by atoms with van der Waals surface area (Å²) in [6.45, 7) is 4.24. The summed E-state index contributed by atoms with van der Waals surface area (Å²) in [4.78, 5) is 17.8. The van der Waals surface area contributed by atoms with Crippen LogP contribution >= 0.6 is 0 Å². The Morgan fingerprint density at radius 2 is 2.17 bits per heavy atom. The normalized spacial score (nSPS) is 15.3. The first-order valence-electron chi connectivity index (χ1n) is 7.11. The van der Waals surface area contributed by atoms with Gasteiger partial charge in [-0.05, 0) is 12.1 Å². The van der Waals surface area contributed by atoms with Crippen LogP contribution in [0, 0.1) is 0 Å². The SMILES string of the molecule is C=CCON=C1CN(C(=O)O)Cc2c1cnn2-c1ccccc1. The highest BCUT2D eigenvalue weighted by atomic mass is 16.6. The number of hydrogen-bond donors (Lipinski definition) is 1. The third kappa shape index (κ3) is 2.94. The lowest BCUT2D eigenvalue weighted by atomic mass is 10.1. The van der Waals surface area contributed by atoms with Crippen molar-refractivity contribution in [1.29, 1.82) is 0 Å². The molecule has 1 amide bonds. The minimum Gasteiger partial charge on any atom is -0.465 e. The average Bonchev–Trinajstić information content (AvgIpc) is 3.00. The molecule has 2 aromatic rings. The molecule has 1 aromatic heterocycles. The second-order valence-corrected chi connectivity index (χ2v) is 5.01. The van der Waals surface area contributed by atoms with E-state index >= 15 is 0 Å². The van der Waals surface area contributed by atoms with Crippen LogP contribution in [0.1, 0.15) is 11.3 Å². The molecule has 0 radical (unpaired) electrons. The number of amides is 1. The Bertz CT molecular complexity index is 752. The number of nitrogens with zero attached hydrogens (tertiary/aromatic N) is 4. The minimum atomic E-state index is -1.01. The first-order chi connectivity index (χ1) is 11.2. The van der Waals surface area contributed by atoms with Gasteiger partial charge in [-0.1, -0.05) is 36.0 Å². The summed E-state index contributed by atoms with van der Waals surface area (Å²) in [5, 5.41) is 17.8. The van der Waals surface area contributed by atoms with Crippen LogP contribution in [0.25, 0.3) is 5.69 Å². The van der Waals surface area contributed by atoms with E-state index in [-0.39, 0.29) is 19.7 Å². The van der Waals surface area contributed by atoms with Crippen molar-refractivity contribution in [2.24, 2.45) is 5.16 Å². The van der Waals surface area contributed by atoms with Crippen molar-refractivity contribution >= 4 is 11.8 Å². The molecule has 0 fully saturated rings. The van der Waals surface area contributed by atoms with E-state index in [0.717, 1.165) is 16.9 Å². The van der Waals surface area contributed by atoms with Gasteiger partial charge in [0, 0.05) is 5.56 Å². The predicted molar refractivity (Wildman–Crippen MR) is 84.7 cm³/mol. The number of aromatic nitrogens is 2. The molecule has 118 valence electrons. The van der Waals surface area contributed by atoms with Gasteiger partial charge in [-0.3, -0.25) is 4.90 Å². The number of rotatable bonds is 4. The van der Waals surface area contributed by atoms with Crippen molar-refractivity contribution in [3.05, 3.63) is 60.4 Å². The topological polar surface area (TPSA) is 79.9 Å². The number of fused-ring (bicyclic) bond motifs is 1. The van der Waals surface area contributed by atoms with Gasteiger partial charge in [-0.15, -0.1) is 0 Å². The van der Waals surface area contributed by atoms with Crippen LogP contribution < -0.4 is 0 Å². The molecule has 7 heteroatoms. The molecule has 0 spiro atoms. The highest BCUT2D eigenvalue weighted by Gasteiger charge is 2.29. The van der Waals surface area contributed by atoms with E-state index in [1.807, 2.05) is 30.3 Å². The van der Waals surface area contributed by atoms with E-state index in [1.54, 1.807) is 17.0 Å². The first-order valence-corrected chi connectivity index (χ1v) is 7.11. The summed E-state index contributed by atoms with van der Waals surface area (Å²) in [5.74, 6) is 0. The van der Waals surface area contributed by atoms with Crippen LogP contribution in [0.15, 0.2) is 54.3 Å². The molecule has 0 saturated carbocycles. The number of oxime groups is 1. The highest BCUT2D eigenvalue weighted by Crippen LogP contribution is 2.22. The Morgan fingerprint density at radius 3 is 2.87 bits per heavy atom. The van der Waals surface area contributed by atoms with Crippen LogP contribution in [0.3, 0.4) is 0 Å². The van der Waals surface area contributed by atoms with E-state index in [9.17, 15) is 9.90 Å². The second-order valence-electron chi connectivity index (χ2n) is 5.01. The van der Waals surface area contributed by atoms with E-state index in [1.165, 1.54) is 4.90 Å². The number of carboxylic acid groups (broad SMARTS) is 1. The smallest absolute Gasteiger partial charge is 0.408 e. The Labute approximate surface area is 133 Å². The zero-order valence-electron chi connectivity index (χ0n) is 12.4. The molecule has 2 heterocycles. The predicted octanol–water partition coefficient (Wildman–Crippen LogP) is 2.27. The molecule has 0 unspecified atom stereocenters. The van der Waals surface area contributed by atoms with Crippen molar-refractivity contribution in [2.45, 2.75) is 6.54 Å². The lowest BCUT2D eigenvalue weighted by Crippen LogP contribution is -2.39. The molecule has 0 atom stereocenters. The molecule has 1 N–H and O–H groups in total. The standard InChI is InChI=1S/C16H16N4O3/c1-2-8-23-18-14-10-19(16(21)22)11-15-13(14)9-17-20(15)12-6-4-3-5-7-12/h2-7,9H,1,8,10-11H2,(H,21,22). The molecule has 0 bridgehead atoms. The summed E-state index contributed by atoms with van der Waals surface area (Å²) in [6, 6.07) is 9.56. The second kappa shape index (κ2) is 6.35. The fraction of sp³-hybridized carbons (Fsp3) is 0.188. The van der Waals surface area contributed by atoms with Crippen molar-refractivity contribution in [3.63, 3.8) is 0 Å². The van der Waals surface area contributed by atoms with Crippen molar-refractivity contribution in [1.82, 2.24) is 14.7 Å². The van der Waals surface area contributed by atoms with E-state index < -0.39 is 6.09 Å². The molecular formula is C16H16N4O3. The number of hydrogen-bond acceptors (Lipinski definition) is 4. The van der Waals surface area contributed by atoms with Gasteiger partial charge < -0.3 is 9.94 Å². The van der Waals surface area contributed by atoms with Gasteiger partial charge in [0.2, 0.25) is 0 Å². The maximum atomic E-state index is 11.4. The molecule has 1 aromatic carbocycles. The van der Waals surface area contributed by atoms with Gasteiger partial charge in [0.1, 0.15) is 12.3 Å².